The van der Waals surface area contributed by atoms with E-state index in [1.807, 2.05) is 20.8 Å². The van der Waals surface area contributed by atoms with Gasteiger partial charge < -0.3 is 15.0 Å². The zero-order valence-electron chi connectivity index (χ0n) is 13.4. The lowest BCUT2D eigenvalue weighted by molar-refractivity contribution is -0.368. The Kier molecular flexibility index (Phi) is 9.64. The number of hydrogen-bond acceptors (Lipinski definition) is 5. The quantitative estimate of drug-likeness (QED) is 0.623. The summed E-state index contributed by atoms with van der Waals surface area (Å²) in [6.45, 7) is 6.53. The zero-order valence-corrected chi connectivity index (χ0v) is 14.2. The number of quaternary nitrogens is 1. The average molecular weight is 331 g/mol. The van der Waals surface area contributed by atoms with Crippen molar-refractivity contribution in [3.8, 4) is 0 Å². The van der Waals surface area contributed by atoms with E-state index in [1.54, 1.807) is 12.1 Å². The second-order valence-corrected chi connectivity index (χ2v) is 6.31. The third kappa shape index (κ3) is 9.49. The van der Waals surface area contributed by atoms with Crippen molar-refractivity contribution in [2.24, 2.45) is 0 Å². The summed E-state index contributed by atoms with van der Waals surface area (Å²) in [6, 6.07) is 5.78. The van der Waals surface area contributed by atoms with Gasteiger partial charge in [0.05, 0.1) is 24.0 Å². The van der Waals surface area contributed by atoms with E-state index in [2.05, 4.69) is 5.73 Å². The highest BCUT2D eigenvalue weighted by Crippen LogP contribution is 2.08. The Morgan fingerprint density at radius 3 is 2.27 bits per heavy atom. The van der Waals surface area contributed by atoms with Gasteiger partial charge in [-0.1, -0.05) is 24.6 Å². The summed E-state index contributed by atoms with van der Waals surface area (Å²) < 4.78 is 36.2. The number of hydrogen-bond donors (Lipinski definition) is 1. The van der Waals surface area contributed by atoms with Gasteiger partial charge in [0.1, 0.15) is 10.1 Å². The van der Waals surface area contributed by atoms with E-state index in [9.17, 15) is 17.8 Å². The fourth-order valence-electron chi connectivity index (χ4n) is 1.34. The number of carbonyl (C=O) groups excluding carboxylic acids is 1. The van der Waals surface area contributed by atoms with Crippen LogP contribution in [0.3, 0.4) is 0 Å². The summed E-state index contributed by atoms with van der Waals surface area (Å²) in [6.07, 6.45) is 2.28. The predicted octanol–water partition coefficient (Wildman–Crippen LogP) is 1.25. The summed E-state index contributed by atoms with van der Waals surface area (Å²) >= 11 is 0. The minimum absolute atomic E-state index is 0.0623. The number of aryl methyl sites for hydroxylation is 1. The van der Waals surface area contributed by atoms with Crippen molar-refractivity contribution in [2.75, 3.05) is 6.54 Å². The van der Waals surface area contributed by atoms with Gasteiger partial charge in [-0.2, -0.15) is 0 Å². The van der Waals surface area contributed by atoms with Crippen molar-refractivity contribution in [3.63, 3.8) is 0 Å². The van der Waals surface area contributed by atoms with Crippen LogP contribution in [0.15, 0.2) is 29.2 Å². The number of carbonyl (C=O) groups is 1. The average Bonchev–Trinajstić information content (AvgIpc) is 2.45. The lowest BCUT2D eigenvalue weighted by Crippen LogP contribution is -2.50. The topological polar surface area (TPSA) is 111 Å². The molecule has 0 aromatic heterocycles. The van der Waals surface area contributed by atoms with Crippen LogP contribution in [0.25, 0.3) is 0 Å². The molecule has 1 atom stereocenters. The van der Waals surface area contributed by atoms with Crippen molar-refractivity contribution in [1.82, 2.24) is 0 Å². The molecule has 0 heterocycles. The molecular weight excluding hydrogens is 306 g/mol. The number of benzene rings is 1. The highest BCUT2D eigenvalue weighted by Gasteiger charge is 2.06. The van der Waals surface area contributed by atoms with Crippen LogP contribution in [0.2, 0.25) is 0 Å². The maximum Gasteiger partial charge on any atom is 0.306 e. The maximum atomic E-state index is 10.9. The van der Waals surface area contributed by atoms with Gasteiger partial charge in [-0.05, 0) is 32.4 Å². The van der Waals surface area contributed by atoms with Crippen LogP contribution in [-0.4, -0.2) is 31.6 Å². The molecular formula is C15H25NO5S. The molecule has 0 bridgehead atoms. The Hall–Kier alpha value is -1.44. The third-order valence-corrected chi connectivity index (χ3v) is 3.70. The molecule has 1 unspecified atom stereocenters. The highest BCUT2D eigenvalue weighted by atomic mass is 32.2. The normalized spacial score (nSPS) is 12.0. The fourth-order valence-corrected chi connectivity index (χ4v) is 1.81. The molecule has 0 aliphatic carbocycles. The summed E-state index contributed by atoms with van der Waals surface area (Å²) in [4.78, 5) is 10.7. The standard InChI is InChI=1S/C8H17NO2.C7H8O3S/c1-3-7(2)11-8(10)5-4-6-9;1-6-2-4-7(5-3-6)11(8,9)10/h7H,3-6,9H2,1-2H3;2-5H,1H3,(H,8,9,10). The molecule has 0 fully saturated rings. The molecule has 0 spiro atoms. The molecule has 1 rings (SSSR count). The van der Waals surface area contributed by atoms with E-state index in [1.165, 1.54) is 12.1 Å². The Morgan fingerprint density at radius 1 is 1.32 bits per heavy atom. The lowest BCUT2D eigenvalue weighted by Gasteiger charge is -2.09. The number of esters is 1. The first-order chi connectivity index (χ1) is 10.2. The van der Waals surface area contributed by atoms with Gasteiger partial charge in [0.15, 0.2) is 0 Å². The van der Waals surface area contributed by atoms with Crippen LogP contribution >= 0.6 is 0 Å². The minimum atomic E-state index is -4.27. The molecule has 22 heavy (non-hydrogen) atoms. The van der Waals surface area contributed by atoms with Gasteiger partial charge >= 0.3 is 5.97 Å². The maximum absolute atomic E-state index is 10.9. The molecule has 7 heteroatoms. The van der Waals surface area contributed by atoms with Gasteiger partial charge in [0, 0.05) is 6.42 Å². The van der Waals surface area contributed by atoms with Crippen LogP contribution in [0.1, 0.15) is 38.7 Å². The molecule has 1 aromatic rings. The second kappa shape index (κ2) is 10.3. The van der Waals surface area contributed by atoms with Crippen LogP contribution in [0.5, 0.6) is 0 Å². The second-order valence-electron chi connectivity index (χ2n) is 4.93. The van der Waals surface area contributed by atoms with Crippen LogP contribution in [0, 0.1) is 6.92 Å². The fraction of sp³-hybridized carbons (Fsp3) is 0.533. The Labute approximate surface area is 132 Å². The monoisotopic (exact) mass is 331 g/mol. The van der Waals surface area contributed by atoms with E-state index in [-0.39, 0.29) is 17.0 Å². The smallest absolute Gasteiger partial charge is 0.306 e. The summed E-state index contributed by atoms with van der Waals surface area (Å²) in [5.41, 5.74) is 4.58. The molecule has 1 aromatic carbocycles. The van der Waals surface area contributed by atoms with Gasteiger partial charge in [-0.15, -0.1) is 0 Å². The molecule has 0 saturated carbocycles. The molecule has 0 amide bonds. The Bertz CT molecular complexity index is 540. The van der Waals surface area contributed by atoms with E-state index in [0.29, 0.717) is 6.42 Å². The van der Waals surface area contributed by atoms with Crippen molar-refractivity contribution >= 4 is 16.1 Å². The van der Waals surface area contributed by atoms with Crippen LogP contribution in [0.4, 0.5) is 0 Å². The van der Waals surface area contributed by atoms with E-state index < -0.39 is 10.1 Å². The highest BCUT2D eigenvalue weighted by molar-refractivity contribution is 7.85. The summed E-state index contributed by atoms with van der Waals surface area (Å²) in [5.74, 6) is -0.0944. The van der Waals surface area contributed by atoms with Gasteiger partial charge in [0.25, 0.3) is 0 Å². The molecule has 0 saturated heterocycles. The first kappa shape index (κ1) is 20.6. The Balaban J connectivity index is 0.000000401. The molecule has 3 N–H and O–H groups in total. The van der Waals surface area contributed by atoms with Crippen LogP contribution in [-0.2, 0) is 19.6 Å². The van der Waals surface area contributed by atoms with E-state index >= 15 is 0 Å². The van der Waals surface area contributed by atoms with E-state index in [4.69, 9.17) is 4.74 Å². The SMILES string of the molecule is CCC(C)OC(=O)CCC[NH3+].Cc1ccc(S(=O)(=O)[O-])cc1. The molecule has 0 aliphatic rings. The summed E-state index contributed by atoms with van der Waals surface area (Å²) in [5, 5.41) is 0. The first-order valence-electron chi connectivity index (χ1n) is 7.22. The summed E-state index contributed by atoms with van der Waals surface area (Å²) in [7, 11) is -4.27. The van der Waals surface area contributed by atoms with Gasteiger partial charge in [-0.3, -0.25) is 4.79 Å². The molecule has 6 nitrogen and oxygen atoms in total. The predicted molar refractivity (Wildman–Crippen MR) is 82.0 cm³/mol. The van der Waals surface area contributed by atoms with Gasteiger partial charge in [0.2, 0.25) is 0 Å². The third-order valence-electron chi connectivity index (χ3n) is 2.85. The first-order valence-corrected chi connectivity index (χ1v) is 8.62. The van der Waals surface area contributed by atoms with Crippen molar-refractivity contribution in [3.05, 3.63) is 29.8 Å². The Morgan fingerprint density at radius 2 is 1.86 bits per heavy atom. The largest absolute Gasteiger partial charge is 0.744 e. The van der Waals surface area contributed by atoms with Crippen molar-refractivity contribution in [2.45, 2.75) is 51.0 Å². The molecule has 126 valence electrons. The molecule has 0 radical (unpaired) electrons. The van der Waals surface area contributed by atoms with E-state index in [0.717, 1.165) is 24.9 Å². The van der Waals surface area contributed by atoms with Crippen molar-refractivity contribution in [1.29, 1.82) is 0 Å². The minimum Gasteiger partial charge on any atom is -0.744 e. The van der Waals surface area contributed by atoms with Gasteiger partial charge in [-0.25, -0.2) is 8.42 Å². The number of ether oxygens (including phenoxy) is 1. The molecule has 0 aliphatic heterocycles. The number of rotatable bonds is 6. The van der Waals surface area contributed by atoms with Crippen molar-refractivity contribution < 1.29 is 28.2 Å². The zero-order chi connectivity index (χ0) is 17.2. The van der Waals surface area contributed by atoms with Crippen LogP contribution < -0.4 is 5.73 Å². The lowest BCUT2D eigenvalue weighted by atomic mass is 10.2.